The first kappa shape index (κ1) is 16.9. The molecular formula is C20H23NO2. The first-order valence-corrected chi connectivity index (χ1v) is 7.95. The molecule has 23 heavy (non-hydrogen) atoms. The summed E-state index contributed by atoms with van der Waals surface area (Å²) in [6, 6.07) is 15.4. The van der Waals surface area contributed by atoms with Crippen LogP contribution in [0.1, 0.15) is 54.6 Å². The van der Waals surface area contributed by atoms with Crippen LogP contribution in [0, 0.1) is 0 Å². The summed E-state index contributed by atoms with van der Waals surface area (Å²) in [5.41, 5.74) is 3.73. The maximum absolute atomic E-state index is 12.0. The summed E-state index contributed by atoms with van der Waals surface area (Å²) >= 11 is 0. The Morgan fingerprint density at radius 1 is 1.04 bits per heavy atom. The lowest BCUT2D eigenvalue weighted by Gasteiger charge is -2.08. The minimum atomic E-state index is -0.0429. The fourth-order valence-corrected chi connectivity index (χ4v) is 2.37. The van der Waals surface area contributed by atoms with E-state index >= 15 is 0 Å². The number of anilines is 1. The number of aryl methyl sites for hydroxylation is 1. The summed E-state index contributed by atoms with van der Waals surface area (Å²) in [7, 11) is 0. The molecule has 120 valence electrons. The Bertz CT molecular complexity index is 687. The van der Waals surface area contributed by atoms with Gasteiger partial charge >= 0.3 is 0 Å². The molecule has 2 aromatic carbocycles. The average molecular weight is 309 g/mol. The number of hydrogen-bond acceptors (Lipinski definition) is 2. The van der Waals surface area contributed by atoms with Crippen LogP contribution >= 0.6 is 0 Å². The van der Waals surface area contributed by atoms with Crippen LogP contribution in [0.4, 0.5) is 5.69 Å². The second-order valence-electron chi connectivity index (χ2n) is 6.08. The SMILES string of the molecule is CC(=O)c1cccc(NC(=O)CCc2ccc(C(C)C)cc2)c1. The van der Waals surface area contributed by atoms with Crippen molar-refractivity contribution in [3.63, 3.8) is 0 Å². The first-order valence-electron chi connectivity index (χ1n) is 7.95. The molecule has 0 bridgehead atoms. The predicted octanol–water partition coefficient (Wildman–Crippen LogP) is 4.58. The van der Waals surface area contributed by atoms with Gasteiger partial charge < -0.3 is 5.32 Å². The van der Waals surface area contributed by atoms with E-state index in [0.29, 0.717) is 30.0 Å². The molecule has 0 spiro atoms. The van der Waals surface area contributed by atoms with Crippen LogP contribution in [0.2, 0.25) is 0 Å². The number of amides is 1. The molecule has 0 fully saturated rings. The molecule has 2 aromatic rings. The maximum atomic E-state index is 12.0. The van der Waals surface area contributed by atoms with Crippen molar-refractivity contribution in [1.29, 1.82) is 0 Å². The zero-order valence-electron chi connectivity index (χ0n) is 13.9. The molecule has 0 saturated carbocycles. The lowest BCUT2D eigenvalue weighted by molar-refractivity contribution is -0.116. The molecule has 0 aliphatic rings. The Kier molecular flexibility index (Phi) is 5.69. The number of carbonyl (C=O) groups excluding carboxylic acids is 2. The molecule has 3 nitrogen and oxygen atoms in total. The number of nitrogens with one attached hydrogen (secondary N) is 1. The molecular weight excluding hydrogens is 286 g/mol. The van der Waals surface area contributed by atoms with Crippen molar-refractivity contribution in [2.45, 2.75) is 39.5 Å². The van der Waals surface area contributed by atoms with Gasteiger partial charge in [0.15, 0.2) is 5.78 Å². The summed E-state index contributed by atoms with van der Waals surface area (Å²) in [5.74, 6) is 0.464. The third kappa shape index (κ3) is 5.06. The van der Waals surface area contributed by atoms with E-state index in [2.05, 4.69) is 43.4 Å². The van der Waals surface area contributed by atoms with E-state index in [1.165, 1.54) is 12.5 Å². The standard InChI is InChI=1S/C20H23NO2/c1-14(2)17-10-7-16(8-11-17)9-12-20(23)21-19-6-4-5-18(13-19)15(3)22/h4-8,10-11,13-14H,9,12H2,1-3H3,(H,21,23). The van der Waals surface area contributed by atoms with E-state index in [0.717, 1.165) is 5.56 Å². The zero-order chi connectivity index (χ0) is 16.8. The highest BCUT2D eigenvalue weighted by Gasteiger charge is 2.06. The van der Waals surface area contributed by atoms with E-state index in [9.17, 15) is 9.59 Å². The fraction of sp³-hybridized carbons (Fsp3) is 0.300. The van der Waals surface area contributed by atoms with Crippen LogP contribution in [-0.2, 0) is 11.2 Å². The van der Waals surface area contributed by atoms with Gasteiger partial charge in [-0.2, -0.15) is 0 Å². The van der Waals surface area contributed by atoms with Crippen LogP contribution in [0.15, 0.2) is 48.5 Å². The number of ketones is 1. The van der Waals surface area contributed by atoms with Crippen LogP contribution in [0.5, 0.6) is 0 Å². The molecule has 0 radical (unpaired) electrons. The number of rotatable bonds is 6. The normalized spacial score (nSPS) is 10.6. The summed E-state index contributed by atoms with van der Waals surface area (Å²) in [6.45, 7) is 5.84. The van der Waals surface area contributed by atoms with Crippen molar-refractivity contribution in [2.75, 3.05) is 5.32 Å². The van der Waals surface area contributed by atoms with E-state index in [1.54, 1.807) is 24.3 Å². The molecule has 0 aliphatic carbocycles. The number of benzene rings is 2. The monoisotopic (exact) mass is 309 g/mol. The summed E-state index contributed by atoms with van der Waals surface area (Å²) < 4.78 is 0. The third-order valence-electron chi connectivity index (χ3n) is 3.84. The second-order valence-corrected chi connectivity index (χ2v) is 6.08. The van der Waals surface area contributed by atoms with Gasteiger partial charge in [0, 0.05) is 17.7 Å². The molecule has 1 amide bonds. The minimum absolute atomic E-state index is 0.00802. The van der Waals surface area contributed by atoms with Crippen LogP contribution < -0.4 is 5.32 Å². The smallest absolute Gasteiger partial charge is 0.224 e. The van der Waals surface area contributed by atoms with Gasteiger partial charge in [-0.3, -0.25) is 9.59 Å². The van der Waals surface area contributed by atoms with Gasteiger partial charge in [-0.05, 0) is 42.5 Å². The van der Waals surface area contributed by atoms with Gasteiger partial charge in [-0.1, -0.05) is 50.2 Å². The van der Waals surface area contributed by atoms with Crippen molar-refractivity contribution in [3.05, 3.63) is 65.2 Å². The molecule has 2 rings (SSSR count). The van der Waals surface area contributed by atoms with Crippen LogP contribution in [-0.4, -0.2) is 11.7 Å². The molecule has 0 aromatic heterocycles. The lowest BCUT2D eigenvalue weighted by atomic mass is 10.0. The van der Waals surface area contributed by atoms with Gasteiger partial charge in [0.1, 0.15) is 0 Å². The van der Waals surface area contributed by atoms with Crippen molar-refractivity contribution >= 4 is 17.4 Å². The van der Waals surface area contributed by atoms with Gasteiger partial charge in [0.25, 0.3) is 0 Å². The topological polar surface area (TPSA) is 46.2 Å². The van der Waals surface area contributed by atoms with Gasteiger partial charge in [-0.25, -0.2) is 0 Å². The Balaban J connectivity index is 1.90. The zero-order valence-corrected chi connectivity index (χ0v) is 13.9. The van der Waals surface area contributed by atoms with Crippen molar-refractivity contribution in [2.24, 2.45) is 0 Å². The highest BCUT2D eigenvalue weighted by Crippen LogP contribution is 2.16. The Labute approximate surface area is 137 Å². The molecule has 0 saturated heterocycles. The highest BCUT2D eigenvalue weighted by molar-refractivity contribution is 5.97. The Hall–Kier alpha value is -2.42. The van der Waals surface area contributed by atoms with Crippen molar-refractivity contribution < 1.29 is 9.59 Å². The maximum Gasteiger partial charge on any atom is 0.224 e. The highest BCUT2D eigenvalue weighted by atomic mass is 16.1. The number of hydrogen-bond donors (Lipinski definition) is 1. The first-order chi connectivity index (χ1) is 11.0. The Morgan fingerprint density at radius 3 is 2.35 bits per heavy atom. The summed E-state index contributed by atoms with van der Waals surface area (Å²) in [6.07, 6.45) is 1.13. The fourth-order valence-electron chi connectivity index (χ4n) is 2.37. The largest absolute Gasteiger partial charge is 0.326 e. The van der Waals surface area contributed by atoms with Crippen molar-refractivity contribution in [1.82, 2.24) is 0 Å². The van der Waals surface area contributed by atoms with Crippen LogP contribution in [0.3, 0.4) is 0 Å². The summed E-state index contributed by atoms with van der Waals surface area (Å²) in [4.78, 5) is 23.4. The molecule has 1 N–H and O–H groups in total. The van der Waals surface area contributed by atoms with Gasteiger partial charge in [0.2, 0.25) is 5.91 Å². The molecule has 0 atom stereocenters. The van der Waals surface area contributed by atoms with E-state index in [4.69, 9.17) is 0 Å². The van der Waals surface area contributed by atoms with E-state index in [1.807, 2.05) is 0 Å². The summed E-state index contributed by atoms with van der Waals surface area (Å²) in [5, 5.41) is 2.85. The Morgan fingerprint density at radius 2 is 1.74 bits per heavy atom. The van der Waals surface area contributed by atoms with Crippen molar-refractivity contribution in [3.8, 4) is 0 Å². The lowest BCUT2D eigenvalue weighted by Crippen LogP contribution is -2.12. The number of Topliss-reactive ketones (excluding diaryl/α,β-unsaturated/α-hetero) is 1. The van der Waals surface area contributed by atoms with E-state index in [-0.39, 0.29) is 11.7 Å². The van der Waals surface area contributed by atoms with Gasteiger partial charge in [-0.15, -0.1) is 0 Å². The third-order valence-corrected chi connectivity index (χ3v) is 3.84. The number of carbonyl (C=O) groups is 2. The molecule has 0 aliphatic heterocycles. The molecule has 0 heterocycles. The molecule has 0 unspecified atom stereocenters. The predicted molar refractivity (Wildman–Crippen MR) is 93.9 cm³/mol. The van der Waals surface area contributed by atoms with Crippen LogP contribution in [0.25, 0.3) is 0 Å². The quantitative estimate of drug-likeness (QED) is 0.794. The second kappa shape index (κ2) is 7.73. The molecule has 3 heteroatoms. The van der Waals surface area contributed by atoms with E-state index < -0.39 is 0 Å². The average Bonchev–Trinajstić information content (AvgIpc) is 2.53. The van der Waals surface area contributed by atoms with Gasteiger partial charge in [0.05, 0.1) is 0 Å². The minimum Gasteiger partial charge on any atom is -0.326 e.